The van der Waals surface area contributed by atoms with E-state index in [4.69, 9.17) is 20.1 Å². The number of hydrogen-bond acceptors (Lipinski definition) is 11. The van der Waals surface area contributed by atoms with Gasteiger partial charge in [-0.1, -0.05) is 0 Å². The molecule has 6 N–H and O–H groups in total. The van der Waals surface area contributed by atoms with Gasteiger partial charge in [0.2, 0.25) is 0 Å². The maximum absolute atomic E-state index is 11.4. The Morgan fingerprint density at radius 3 is 2.27 bits per heavy atom. The van der Waals surface area contributed by atoms with Crippen LogP contribution in [0.25, 0.3) is 0 Å². The second-order valence-electron chi connectivity index (χ2n) is 4.38. The quantitative estimate of drug-likeness (QED) is 0.184. The molecule has 1 rings (SSSR count). The molecule has 0 aromatic rings. The van der Waals surface area contributed by atoms with Crippen molar-refractivity contribution in [2.75, 3.05) is 19.8 Å². The minimum Gasteiger partial charge on any atom is -0.756 e. The molecule has 11 nitrogen and oxygen atoms in total. The molecule has 0 aromatic heterocycles. The van der Waals surface area contributed by atoms with Gasteiger partial charge in [0, 0.05) is 0 Å². The van der Waals surface area contributed by atoms with Crippen LogP contribution in [-0.4, -0.2) is 87.3 Å². The van der Waals surface area contributed by atoms with E-state index in [1.165, 1.54) is 0 Å². The smallest absolute Gasteiger partial charge is 0.756 e. The minimum absolute atomic E-state index is 0. The third-order valence-electron chi connectivity index (χ3n) is 2.72. The van der Waals surface area contributed by atoms with E-state index in [-0.39, 0.29) is 51.4 Å². The van der Waals surface area contributed by atoms with Gasteiger partial charge in [-0.15, -0.1) is 0 Å². The van der Waals surface area contributed by atoms with Crippen LogP contribution in [0.4, 0.5) is 0 Å². The van der Waals surface area contributed by atoms with E-state index in [2.05, 4.69) is 9.05 Å². The predicted octanol–water partition coefficient (Wildman–Crippen LogP) is -7.35. The summed E-state index contributed by atoms with van der Waals surface area (Å²) in [6.45, 7) is -2.27. The third kappa shape index (κ3) is 6.76. The van der Waals surface area contributed by atoms with Gasteiger partial charge >= 0.3 is 51.4 Å². The number of phosphoric acid groups is 1. The first kappa shape index (κ1) is 23.5. The molecule has 1 aliphatic rings. The Morgan fingerprint density at radius 2 is 1.77 bits per heavy atom. The summed E-state index contributed by atoms with van der Waals surface area (Å²) in [6, 6.07) is 0. The maximum Gasteiger partial charge on any atom is 1.00 e. The first-order valence-electron chi connectivity index (χ1n) is 5.95. The zero-order valence-electron chi connectivity index (χ0n) is 11.8. The minimum atomic E-state index is -5.03. The molecule has 2 unspecified atom stereocenters. The van der Waals surface area contributed by atoms with Gasteiger partial charge in [-0.3, -0.25) is 9.09 Å². The van der Waals surface area contributed by atoms with Crippen LogP contribution in [-0.2, 0) is 18.3 Å². The Balaban J connectivity index is 0.00000441. The van der Waals surface area contributed by atoms with Crippen molar-refractivity contribution in [2.45, 2.75) is 36.8 Å². The summed E-state index contributed by atoms with van der Waals surface area (Å²) in [5, 5.41) is 54.9. The van der Waals surface area contributed by atoms with E-state index in [1.54, 1.807) is 0 Å². The van der Waals surface area contributed by atoms with E-state index in [9.17, 15) is 24.8 Å². The van der Waals surface area contributed by atoms with Gasteiger partial charge in [0.05, 0.1) is 19.8 Å². The van der Waals surface area contributed by atoms with Crippen LogP contribution in [0.2, 0.25) is 0 Å². The zero-order valence-corrected chi connectivity index (χ0v) is 15.8. The second-order valence-corrected chi connectivity index (χ2v) is 5.75. The molecule has 0 amide bonds. The van der Waals surface area contributed by atoms with Crippen LogP contribution >= 0.6 is 7.82 Å². The molecule has 1 aliphatic heterocycles. The molecule has 13 heteroatoms. The summed E-state index contributed by atoms with van der Waals surface area (Å²) in [6.07, 6.45) is -10.1. The van der Waals surface area contributed by atoms with Crippen LogP contribution in [0, 0.1) is 0 Å². The Kier molecular flexibility index (Phi) is 11.2. The molecule has 1 saturated heterocycles. The first-order chi connectivity index (χ1) is 9.71. The molecule has 7 atom stereocenters. The van der Waals surface area contributed by atoms with Crippen molar-refractivity contribution >= 4 is 7.82 Å². The molecule has 0 bridgehead atoms. The topological polar surface area (TPSA) is 189 Å². The fourth-order valence-corrected chi connectivity index (χ4v) is 2.39. The van der Waals surface area contributed by atoms with Crippen molar-refractivity contribution in [3.05, 3.63) is 0 Å². The SMILES string of the molecule is O=P([O-])(OCC(O)CO)O[C@@H]1O[C@H](CO)[C@@H](O)[C@H](O)[C@H]1O.[K+]. The molecule has 0 spiro atoms. The van der Waals surface area contributed by atoms with Crippen molar-refractivity contribution in [1.82, 2.24) is 0 Å². The average molecular weight is 372 g/mol. The number of aliphatic hydroxyl groups is 6. The van der Waals surface area contributed by atoms with E-state index in [0.29, 0.717) is 0 Å². The van der Waals surface area contributed by atoms with Gasteiger partial charge in [0.1, 0.15) is 30.5 Å². The van der Waals surface area contributed by atoms with Crippen LogP contribution < -0.4 is 56.3 Å². The average Bonchev–Trinajstić information content (AvgIpc) is 2.45. The molecular formula is C9H18KO11P. The number of rotatable bonds is 7. The van der Waals surface area contributed by atoms with Crippen LogP contribution in [0.3, 0.4) is 0 Å². The van der Waals surface area contributed by atoms with Crippen molar-refractivity contribution < 1.29 is 105 Å². The third-order valence-corrected chi connectivity index (χ3v) is 3.65. The Morgan fingerprint density at radius 1 is 1.18 bits per heavy atom. The monoisotopic (exact) mass is 372 g/mol. The van der Waals surface area contributed by atoms with E-state index in [1.807, 2.05) is 0 Å². The summed E-state index contributed by atoms with van der Waals surface area (Å²) >= 11 is 0. The van der Waals surface area contributed by atoms with Gasteiger partial charge in [-0.05, 0) is 0 Å². The Labute approximate surface area is 168 Å². The Hall–Kier alpha value is 1.47. The van der Waals surface area contributed by atoms with Crippen molar-refractivity contribution in [3.63, 3.8) is 0 Å². The molecule has 22 heavy (non-hydrogen) atoms. The molecule has 126 valence electrons. The summed E-state index contributed by atoms with van der Waals surface area (Å²) in [4.78, 5) is 11.4. The van der Waals surface area contributed by atoms with Crippen molar-refractivity contribution in [3.8, 4) is 0 Å². The summed E-state index contributed by atoms with van der Waals surface area (Å²) < 4.78 is 24.8. The number of aliphatic hydroxyl groups excluding tert-OH is 6. The number of ether oxygens (including phenoxy) is 1. The van der Waals surface area contributed by atoms with Gasteiger partial charge < -0.3 is 44.8 Å². The number of hydrogen-bond donors (Lipinski definition) is 6. The summed E-state index contributed by atoms with van der Waals surface area (Å²) in [7, 11) is -5.03. The maximum atomic E-state index is 11.4. The molecule has 1 heterocycles. The van der Waals surface area contributed by atoms with Crippen LogP contribution in [0.5, 0.6) is 0 Å². The van der Waals surface area contributed by atoms with Gasteiger partial charge in [0.25, 0.3) is 7.82 Å². The normalized spacial score (nSPS) is 36.2. The largest absolute Gasteiger partial charge is 1.00 e. The Bertz CT molecular complexity index is 369. The van der Waals surface area contributed by atoms with Crippen molar-refractivity contribution in [1.29, 1.82) is 0 Å². The predicted molar refractivity (Wildman–Crippen MR) is 61.5 cm³/mol. The van der Waals surface area contributed by atoms with Gasteiger partial charge in [-0.2, -0.15) is 0 Å². The standard InChI is InChI=1S/C9H19O11P.K/c10-1-4(12)3-18-21(16,17)20-9-8(15)7(14)6(13)5(2-11)19-9;/h4-15H,1-3H2,(H,16,17);/q;+1/p-1/t4?,5-,6-,7+,8-,9+;/m1./s1. The van der Waals surface area contributed by atoms with Crippen LogP contribution in [0.1, 0.15) is 0 Å². The second kappa shape index (κ2) is 10.5. The fourth-order valence-electron chi connectivity index (χ4n) is 1.54. The molecular weight excluding hydrogens is 354 g/mol. The van der Waals surface area contributed by atoms with E-state index < -0.39 is 64.5 Å². The zero-order chi connectivity index (χ0) is 16.2. The van der Waals surface area contributed by atoms with Crippen LogP contribution in [0.15, 0.2) is 0 Å². The van der Waals surface area contributed by atoms with E-state index >= 15 is 0 Å². The first-order valence-corrected chi connectivity index (χ1v) is 7.41. The fraction of sp³-hybridized carbons (Fsp3) is 1.00. The molecule has 0 aromatic carbocycles. The molecule has 0 aliphatic carbocycles. The van der Waals surface area contributed by atoms with Gasteiger partial charge in [0.15, 0.2) is 6.29 Å². The van der Waals surface area contributed by atoms with E-state index in [0.717, 1.165) is 0 Å². The van der Waals surface area contributed by atoms with Gasteiger partial charge in [-0.25, -0.2) is 0 Å². The summed E-state index contributed by atoms with van der Waals surface area (Å²) in [5.74, 6) is 0. The van der Waals surface area contributed by atoms with Crippen molar-refractivity contribution in [2.24, 2.45) is 0 Å². The summed E-state index contributed by atoms with van der Waals surface area (Å²) in [5.41, 5.74) is 0. The molecule has 1 fully saturated rings. The number of phosphoric ester groups is 1. The molecule has 0 radical (unpaired) electrons. The molecule has 0 saturated carbocycles.